The van der Waals surface area contributed by atoms with Gasteiger partial charge in [-0.15, -0.1) is 0 Å². The first-order valence-corrected chi connectivity index (χ1v) is 35.1. The number of benzene rings is 12. The Morgan fingerprint density at radius 2 is 0.781 bits per heavy atom. The first kappa shape index (κ1) is 72.4. The molecule has 96 heavy (non-hydrogen) atoms. The summed E-state index contributed by atoms with van der Waals surface area (Å²) in [6.07, 6.45) is 11.9. The van der Waals surface area contributed by atoms with Gasteiger partial charge in [0.1, 0.15) is 6.34 Å². The molecule has 0 N–H and O–H groups in total. The van der Waals surface area contributed by atoms with Crippen molar-refractivity contribution in [2.45, 2.75) is 165 Å². The van der Waals surface area contributed by atoms with Crippen molar-refractivity contribution in [1.82, 2.24) is 9.13 Å². The zero-order chi connectivity index (χ0) is 68.8. The third-order valence-electron chi connectivity index (χ3n) is 17.9. The van der Waals surface area contributed by atoms with Gasteiger partial charge in [-0.3, -0.25) is 4.99 Å². The normalized spacial score (nSPS) is 12.4. The van der Waals surface area contributed by atoms with Crippen LogP contribution in [0.1, 0.15) is 186 Å². The summed E-state index contributed by atoms with van der Waals surface area (Å²) in [5, 5.41) is 19.2. The molecule has 2 aromatic heterocycles. The summed E-state index contributed by atoms with van der Waals surface area (Å²) in [5.74, 6) is 3.59. The van der Waals surface area contributed by atoms with Crippen molar-refractivity contribution >= 4 is 88.0 Å². The van der Waals surface area contributed by atoms with Crippen molar-refractivity contribution in [2.75, 3.05) is 0 Å². The van der Waals surface area contributed by atoms with Crippen molar-refractivity contribution < 1.29 is 0 Å². The van der Waals surface area contributed by atoms with Gasteiger partial charge in [0.05, 0.1) is 6.04 Å². The van der Waals surface area contributed by atoms with Crippen LogP contribution >= 0.6 is 0 Å². The van der Waals surface area contributed by atoms with Crippen LogP contribution in [0.4, 0.5) is 0 Å². The Labute approximate surface area is 575 Å². The second-order valence-corrected chi connectivity index (χ2v) is 27.9. The number of rotatable bonds is 8. The number of hydrogen-bond donors (Lipinski definition) is 0. The van der Waals surface area contributed by atoms with Crippen LogP contribution in [0.3, 0.4) is 0 Å². The molecule has 0 fully saturated rings. The van der Waals surface area contributed by atoms with Gasteiger partial charge in [-0.05, 0) is 197 Å². The van der Waals surface area contributed by atoms with Crippen LogP contribution in [-0.2, 0) is 0 Å². The first-order valence-electron chi connectivity index (χ1n) is 35.1. The summed E-state index contributed by atoms with van der Waals surface area (Å²) in [5.41, 5.74) is 8.50. The smallest absolute Gasteiger partial charge is 0.110 e. The van der Waals surface area contributed by atoms with Gasteiger partial charge in [0.2, 0.25) is 0 Å². The highest BCUT2D eigenvalue weighted by Gasteiger charge is 2.14. The predicted molar refractivity (Wildman–Crippen MR) is 426 cm³/mol. The monoisotopic (exact) mass is 1270 g/mol. The summed E-state index contributed by atoms with van der Waals surface area (Å²) in [6.45, 7) is 37.5. The van der Waals surface area contributed by atoms with E-state index in [0.29, 0.717) is 53.6 Å². The van der Waals surface area contributed by atoms with Crippen LogP contribution in [0.15, 0.2) is 277 Å². The van der Waals surface area contributed by atoms with Crippen molar-refractivity contribution in [2.24, 2.45) is 15.9 Å². The lowest BCUT2D eigenvalue weighted by Gasteiger charge is -2.15. The van der Waals surface area contributed by atoms with E-state index >= 15 is 0 Å². The summed E-state index contributed by atoms with van der Waals surface area (Å²) in [4.78, 5) is 7.96. The van der Waals surface area contributed by atoms with E-state index in [0.717, 1.165) is 0 Å². The highest BCUT2D eigenvalue weighted by atomic mass is 15.0. The molecule has 3 heterocycles. The third kappa shape index (κ3) is 19.6. The van der Waals surface area contributed by atoms with Gasteiger partial charge >= 0.3 is 0 Å². The lowest BCUT2D eigenvalue weighted by molar-refractivity contribution is 0.603. The summed E-state index contributed by atoms with van der Waals surface area (Å²) in [7, 11) is 0. The minimum atomic E-state index is 0.343. The van der Waals surface area contributed by atoms with E-state index < -0.39 is 0 Å². The summed E-state index contributed by atoms with van der Waals surface area (Å²) in [6, 6.07) is 88.4. The lowest BCUT2D eigenvalue weighted by atomic mass is 9.89. The standard InChI is InChI=1S/C19H16.C17H16.2C13H14.C9H12.C8H13N.C7H11N.C6H10N2/c1-12(2)16-10-8-15-7-6-13-4-3-5-14-9-11-17(16)19(15)18(13)14;1-12(2)17-11-13-7-3-4-8-14(13)15-9-5-6-10-16(15)17;1-10(2)12-9-5-7-11-6-3-4-8-13(11)12;1-10(2)12-8-7-11-5-3-4-6-13(11)9-12;1-8(2)9-6-4-3-5-7-9;1-7(2)9-5-4-8(3)6-9;1-7(2)8-5-3-4-6-8;1-5(2)6-3-7-4-8-6/h3-12H,1-2H3;3-12H,1-2H3;2*3-10H,1-2H3;3-8H,1-2H3;4-7H,1-3H3;3-7H,1-2H3;3-6H,1-2H3. The van der Waals surface area contributed by atoms with Crippen LogP contribution in [0.25, 0.3) is 75.4 Å². The zero-order valence-electron chi connectivity index (χ0n) is 60.5. The number of fused-ring (bicyclic) bond motifs is 5. The Morgan fingerprint density at radius 1 is 0.302 bits per heavy atom. The van der Waals surface area contributed by atoms with Gasteiger partial charge in [0, 0.05) is 43.1 Å². The third-order valence-corrected chi connectivity index (χ3v) is 17.9. The van der Waals surface area contributed by atoms with E-state index in [2.05, 4.69) is 386 Å². The van der Waals surface area contributed by atoms with E-state index in [9.17, 15) is 0 Å². The molecule has 4 heteroatoms. The SMILES string of the molecule is CC(C)C1C=NC=N1.CC(C)c1cc2ccccc2c2ccccc12.CC(C)c1ccc2ccc3cccc4ccc1c2c34.CC(C)c1ccc2ccccc2c1.CC(C)c1cccc2ccccc12.CC(C)c1ccccc1.CC(C)n1cccc1.Cc1ccn(C(C)C)c1. The van der Waals surface area contributed by atoms with Crippen molar-refractivity contribution in [3.8, 4) is 0 Å². The fraction of sp³-hybridized carbons (Fsp3) is 0.283. The number of hydrogen-bond acceptors (Lipinski definition) is 2. The molecule has 0 bridgehead atoms. The molecule has 0 saturated heterocycles. The molecular weight excluding hydrogens is 1160 g/mol. The van der Waals surface area contributed by atoms with Gasteiger partial charge in [-0.25, -0.2) is 4.99 Å². The van der Waals surface area contributed by atoms with E-state index in [1.807, 2.05) is 24.4 Å². The molecule has 0 radical (unpaired) electrons. The average molecular weight is 1270 g/mol. The number of aliphatic imine (C=N–C) groups is 2. The van der Waals surface area contributed by atoms with Gasteiger partial charge in [0.15, 0.2) is 0 Å². The Hall–Kier alpha value is -9.38. The van der Waals surface area contributed by atoms with E-state index in [1.165, 1.54) is 109 Å². The molecule has 0 saturated carbocycles. The molecule has 494 valence electrons. The van der Waals surface area contributed by atoms with Crippen molar-refractivity contribution in [1.29, 1.82) is 0 Å². The minimum Gasteiger partial charge on any atom is -0.352 e. The average Bonchev–Trinajstić information content (AvgIpc) is 0.796. The Balaban J connectivity index is 0.000000143. The Morgan fingerprint density at radius 3 is 1.30 bits per heavy atom. The second-order valence-electron chi connectivity index (χ2n) is 27.9. The molecule has 14 aromatic rings. The Bertz CT molecular complexity index is 4650. The molecular formula is C92H106N4. The van der Waals surface area contributed by atoms with E-state index in [4.69, 9.17) is 0 Å². The van der Waals surface area contributed by atoms with Crippen LogP contribution in [-0.4, -0.2) is 27.7 Å². The van der Waals surface area contributed by atoms with Crippen LogP contribution in [0.5, 0.6) is 0 Å². The fourth-order valence-electron chi connectivity index (χ4n) is 12.1. The molecule has 0 aliphatic carbocycles. The second kappa shape index (κ2) is 35.4. The van der Waals surface area contributed by atoms with Gasteiger partial charge in [-0.1, -0.05) is 308 Å². The highest BCUT2D eigenvalue weighted by molar-refractivity contribution is 6.23. The number of nitrogens with zero attached hydrogens (tertiary/aromatic N) is 4. The van der Waals surface area contributed by atoms with Crippen molar-refractivity contribution in [3.05, 3.63) is 301 Å². The topological polar surface area (TPSA) is 34.6 Å². The van der Waals surface area contributed by atoms with Gasteiger partial charge in [-0.2, -0.15) is 0 Å². The fourth-order valence-corrected chi connectivity index (χ4v) is 12.1. The first-order chi connectivity index (χ1) is 46.2. The van der Waals surface area contributed by atoms with Crippen LogP contribution < -0.4 is 0 Å². The van der Waals surface area contributed by atoms with Crippen LogP contribution in [0, 0.1) is 12.8 Å². The minimum absolute atomic E-state index is 0.343. The van der Waals surface area contributed by atoms with E-state index in [-0.39, 0.29) is 0 Å². The molecule has 12 aromatic carbocycles. The van der Waals surface area contributed by atoms with E-state index in [1.54, 1.807) is 6.34 Å². The predicted octanol–water partition coefficient (Wildman–Crippen LogP) is 27.1. The molecule has 15 rings (SSSR count). The Kier molecular flexibility index (Phi) is 26.7. The zero-order valence-corrected chi connectivity index (χ0v) is 60.5. The molecule has 4 nitrogen and oxygen atoms in total. The maximum atomic E-state index is 4.09. The van der Waals surface area contributed by atoms with Crippen LogP contribution in [0.2, 0.25) is 0 Å². The summed E-state index contributed by atoms with van der Waals surface area (Å²) < 4.78 is 4.37. The molecule has 1 aliphatic rings. The number of aromatic nitrogens is 2. The largest absolute Gasteiger partial charge is 0.352 e. The van der Waals surface area contributed by atoms with Gasteiger partial charge < -0.3 is 9.13 Å². The molecule has 0 spiro atoms. The molecule has 1 atom stereocenters. The molecule has 1 unspecified atom stereocenters. The van der Waals surface area contributed by atoms with Crippen molar-refractivity contribution in [3.63, 3.8) is 0 Å². The lowest BCUT2D eigenvalue weighted by Crippen LogP contribution is -2.10. The maximum Gasteiger partial charge on any atom is 0.110 e. The quantitative estimate of drug-likeness (QED) is 0.136. The molecule has 1 aliphatic heterocycles. The van der Waals surface area contributed by atoms with Gasteiger partial charge in [0.25, 0.3) is 0 Å². The number of aryl methyl sites for hydroxylation is 1. The molecule has 0 amide bonds. The summed E-state index contributed by atoms with van der Waals surface area (Å²) >= 11 is 0. The maximum absolute atomic E-state index is 4.09. The highest BCUT2D eigenvalue weighted by Crippen LogP contribution is 2.38.